The van der Waals surface area contributed by atoms with Crippen LogP contribution in [0.1, 0.15) is 21.7 Å². The van der Waals surface area contributed by atoms with Crippen LogP contribution in [0, 0.1) is 13.8 Å². The molecule has 1 aliphatic heterocycles. The Morgan fingerprint density at radius 1 is 1.40 bits per heavy atom. The lowest BCUT2D eigenvalue weighted by molar-refractivity contribution is 0.0939. The molecule has 1 saturated heterocycles. The third-order valence-corrected chi connectivity index (χ3v) is 4.25. The van der Waals surface area contributed by atoms with Crippen molar-refractivity contribution in [2.24, 2.45) is 0 Å². The zero-order valence-electron chi connectivity index (χ0n) is 14.5. The van der Waals surface area contributed by atoms with Gasteiger partial charge in [-0.2, -0.15) is 0 Å². The second-order valence-electron chi connectivity index (χ2n) is 5.95. The minimum absolute atomic E-state index is 0.0911. The van der Waals surface area contributed by atoms with Gasteiger partial charge < -0.3 is 25.0 Å². The second-order valence-corrected chi connectivity index (χ2v) is 5.95. The SMILES string of the molecule is Cc1[nH]c(C(=O)NCCO)c(C)c1-c1ccnc(N2CCOCC2)n1. The van der Waals surface area contributed by atoms with Gasteiger partial charge in [-0.3, -0.25) is 4.79 Å². The van der Waals surface area contributed by atoms with Crippen LogP contribution in [0.5, 0.6) is 0 Å². The van der Waals surface area contributed by atoms with Crippen molar-refractivity contribution >= 4 is 11.9 Å². The maximum atomic E-state index is 12.2. The van der Waals surface area contributed by atoms with Gasteiger partial charge in [-0.05, 0) is 25.5 Å². The molecule has 0 saturated carbocycles. The Morgan fingerprint density at radius 3 is 2.88 bits per heavy atom. The summed E-state index contributed by atoms with van der Waals surface area (Å²) in [5.41, 5.74) is 3.89. The molecule has 0 radical (unpaired) electrons. The van der Waals surface area contributed by atoms with Crippen molar-refractivity contribution < 1.29 is 14.6 Å². The van der Waals surface area contributed by atoms with Crippen LogP contribution >= 0.6 is 0 Å². The Bertz CT molecular complexity index is 753. The van der Waals surface area contributed by atoms with Crippen LogP contribution in [0.15, 0.2) is 12.3 Å². The number of hydrogen-bond acceptors (Lipinski definition) is 6. The summed E-state index contributed by atoms with van der Waals surface area (Å²) in [4.78, 5) is 26.5. The Labute approximate surface area is 146 Å². The third-order valence-electron chi connectivity index (χ3n) is 4.25. The van der Waals surface area contributed by atoms with E-state index in [2.05, 4.69) is 20.2 Å². The van der Waals surface area contributed by atoms with E-state index in [1.54, 1.807) is 6.20 Å². The largest absolute Gasteiger partial charge is 0.395 e. The highest BCUT2D eigenvalue weighted by Crippen LogP contribution is 2.29. The number of hydrogen-bond donors (Lipinski definition) is 3. The minimum atomic E-state index is -0.233. The Morgan fingerprint density at radius 2 is 2.16 bits per heavy atom. The molecule has 3 rings (SSSR count). The number of aromatic amines is 1. The highest BCUT2D eigenvalue weighted by Gasteiger charge is 2.20. The summed E-state index contributed by atoms with van der Waals surface area (Å²) in [6.45, 7) is 6.82. The van der Waals surface area contributed by atoms with E-state index in [1.165, 1.54) is 0 Å². The average molecular weight is 345 g/mol. The second kappa shape index (κ2) is 7.62. The maximum Gasteiger partial charge on any atom is 0.268 e. The normalized spacial score (nSPS) is 14.6. The lowest BCUT2D eigenvalue weighted by Crippen LogP contribution is -2.37. The number of morpholine rings is 1. The molecule has 8 nitrogen and oxygen atoms in total. The van der Waals surface area contributed by atoms with Crippen LogP contribution < -0.4 is 10.2 Å². The van der Waals surface area contributed by atoms with Gasteiger partial charge >= 0.3 is 0 Å². The number of aliphatic hydroxyl groups excluding tert-OH is 1. The summed E-state index contributed by atoms with van der Waals surface area (Å²) in [7, 11) is 0. The molecular weight excluding hydrogens is 322 g/mol. The van der Waals surface area contributed by atoms with Gasteiger partial charge in [0.2, 0.25) is 5.95 Å². The van der Waals surface area contributed by atoms with Crippen molar-refractivity contribution in [2.45, 2.75) is 13.8 Å². The van der Waals surface area contributed by atoms with E-state index in [4.69, 9.17) is 14.8 Å². The predicted octanol–water partition coefficient (Wildman–Crippen LogP) is 0.647. The molecule has 134 valence electrons. The van der Waals surface area contributed by atoms with Crippen LogP contribution in [-0.2, 0) is 4.74 Å². The van der Waals surface area contributed by atoms with Crippen molar-refractivity contribution in [2.75, 3.05) is 44.4 Å². The topological polar surface area (TPSA) is 103 Å². The lowest BCUT2D eigenvalue weighted by Gasteiger charge is -2.26. The fourth-order valence-electron chi connectivity index (χ4n) is 3.02. The number of nitrogens with one attached hydrogen (secondary N) is 2. The molecule has 25 heavy (non-hydrogen) atoms. The summed E-state index contributed by atoms with van der Waals surface area (Å²) < 4.78 is 5.37. The first-order chi connectivity index (χ1) is 12.1. The molecule has 0 unspecified atom stereocenters. The van der Waals surface area contributed by atoms with Gasteiger partial charge in [0.25, 0.3) is 5.91 Å². The molecule has 0 atom stereocenters. The van der Waals surface area contributed by atoms with Gasteiger partial charge in [-0.1, -0.05) is 0 Å². The molecule has 0 bridgehead atoms. The number of carbonyl (C=O) groups excluding carboxylic acids is 1. The molecule has 1 aliphatic rings. The number of carbonyl (C=O) groups is 1. The molecule has 3 heterocycles. The number of rotatable bonds is 5. The zero-order chi connectivity index (χ0) is 17.8. The van der Waals surface area contributed by atoms with Gasteiger partial charge in [0.05, 0.1) is 25.5 Å². The van der Waals surface area contributed by atoms with Crippen LogP contribution in [0.3, 0.4) is 0 Å². The fourth-order valence-corrected chi connectivity index (χ4v) is 3.02. The number of amides is 1. The van der Waals surface area contributed by atoms with E-state index >= 15 is 0 Å². The first-order valence-corrected chi connectivity index (χ1v) is 8.36. The number of nitrogens with zero attached hydrogens (tertiary/aromatic N) is 3. The van der Waals surface area contributed by atoms with Crippen LogP contribution in [-0.4, -0.2) is 65.4 Å². The lowest BCUT2D eigenvalue weighted by atomic mass is 10.1. The van der Waals surface area contributed by atoms with Crippen molar-refractivity contribution in [3.63, 3.8) is 0 Å². The number of aryl methyl sites for hydroxylation is 1. The maximum absolute atomic E-state index is 12.2. The van der Waals surface area contributed by atoms with Crippen LogP contribution in [0.4, 0.5) is 5.95 Å². The van der Waals surface area contributed by atoms with Gasteiger partial charge in [0.1, 0.15) is 5.69 Å². The molecule has 0 aromatic carbocycles. The number of anilines is 1. The first kappa shape index (κ1) is 17.4. The van der Waals surface area contributed by atoms with Crippen LogP contribution in [0.2, 0.25) is 0 Å². The molecule has 2 aromatic rings. The summed E-state index contributed by atoms with van der Waals surface area (Å²) in [5, 5.41) is 11.5. The van der Waals surface area contributed by atoms with E-state index in [0.29, 0.717) is 24.9 Å². The molecule has 3 N–H and O–H groups in total. The number of ether oxygens (including phenoxy) is 1. The molecular formula is C17H23N5O3. The smallest absolute Gasteiger partial charge is 0.268 e. The Hall–Kier alpha value is -2.45. The van der Waals surface area contributed by atoms with Gasteiger partial charge in [-0.15, -0.1) is 0 Å². The van der Waals surface area contributed by atoms with E-state index < -0.39 is 0 Å². The van der Waals surface area contributed by atoms with Crippen molar-refractivity contribution in [3.05, 3.63) is 29.2 Å². The standard InChI is InChI=1S/C17H23N5O3/c1-11-14(12(2)20-15(11)16(24)18-5-8-23)13-3-4-19-17(21-13)22-6-9-25-10-7-22/h3-4,20,23H,5-10H2,1-2H3,(H,18,24). The summed E-state index contributed by atoms with van der Waals surface area (Å²) >= 11 is 0. The van der Waals surface area contributed by atoms with E-state index in [0.717, 1.165) is 35.6 Å². The molecule has 0 aliphatic carbocycles. The zero-order valence-corrected chi connectivity index (χ0v) is 14.5. The summed E-state index contributed by atoms with van der Waals surface area (Å²) in [6, 6.07) is 1.85. The predicted molar refractivity (Wildman–Crippen MR) is 93.7 cm³/mol. The molecule has 1 fully saturated rings. The van der Waals surface area contributed by atoms with Gasteiger partial charge in [-0.25, -0.2) is 9.97 Å². The molecule has 1 amide bonds. The van der Waals surface area contributed by atoms with Crippen molar-refractivity contribution in [1.29, 1.82) is 0 Å². The molecule has 0 spiro atoms. The average Bonchev–Trinajstić information content (AvgIpc) is 2.95. The quantitative estimate of drug-likeness (QED) is 0.735. The minimum Gasteiger partial charge on any atom is -0.395 e. The van der Waals surface area contributed by atoms with Crippen molar-refractivity contribution in [3.8, 4) is 11.3 Å². The van der Waals surface area contributed by atoms with E-state index in [-0.39, 0.29) is 19.1 Å². The van der Waals surface area contributed by atoms with Gasteiger partial charge in [0.15, 0.2) is 0 Å². The first-order valence-electron chi connectivity index (χ1n) is 8.36. The van der Waals surface area contributed by atoms with Crippen molar-refractivity contribution in [1.82, 2.24) is 20.3 Å². The fraction of sp³-hybridized carbons (Fsp3) is 0.471. The van der Waals surface area contributed by atoms with Gasteiger partial charge in [0, 0.05) is 37.1 Å². The van der Waals surface area contributed by atoms with E-state index in [9.17, 15) is 4.79 Å². The molecule has 8 heteroatoms. The third kappa shape index (κ3) is 3.64. The highest BCUT2D eigenvalue weighted by molar-refractivity contribution is 5.96. The Balaban J connectivity index is 1.91. The summed E-state index contributed by atoms with van der Waals surface area (Å²) in [6.07, 6.45) is 1.74. The Kier molecular flexibility index (Phi) is 5.30. The summed E-state index contributed by atoms with van der Waals surface area (Å²) in [5.74, 6) is 0.440. The number of aromatic nitrogens is 3. The van der Waals surface area contributed by atoms with E-state index in [1.807, 2.05) is 19.9 Å². The molecule has 2 aromatic heterocycles. The number of aliphatic hydroxyl groups is 1. The monoisotopic (exact) mass is 345 g/mol. The number of H-pyrrole nitrogens is 1. The van der Waals surface area contributed by atoms with Crippen LogP contribution in [0.25, 0.3) is 11.3 Å². The highest BCUT2D eigenvalue weighted by atomic mass is 16.5.